The van der Waals surface area contributed by atoms with Gasteiger partial charge in [-0.3, -0.25) is 4.79 Å². The molecule has 1 aromatic rings. The van der Waals surface area contributed by atoms with E-state index in [0.717, 1.165) is 5.56 Å². The molecule has 2 nitrogen and oxygen atoms in total. The summed E-state index contributed by atoms with van der Waals surface area (Å²) in [6.45, 7) is 0. The van der Waals surface area contributed by atoms with Crippen LogP contribution in [0.15, 0.2) is 24.3 Å². The molecule has 0 aliphatic carbocycles. The minimum atomic E-state index is -0.352. The minimum Gasteiger partial charge on any atom is -0.369 e. The second kappa shape index (κ2) is 4.63. The molecule has 2 N–H and O–H groups in total. The molecule has 0 spiro atoms. The lowest BCUT2D eigenvalue weighted by Crippen LogP contribution is -2.24. The quantitative estimate of drug-likeness (QED) is 0.833. The van der Waals surface area contributed by atoms with E-state index in [0.29, 0.717) is 11.4 Å². The largest absolute Gasteiger partial charge is 0.369 e. The van der Waals surface area contributed by atoms with Crippen LogP contribution in [-0.2, 0) is 11.2 Å². The Balaban J connectivity index is 2.64. The topological polar surface area (TPSA) is 43.1 Å². The van der Waals surface area contributed by atoms with Crippen molar-refractivity contribution in [1.29, 1.82) is 0 Å². The molecule has 70 valence electrons. The van der Waals surface area contributed by atoms with Gasteiger partial charge in [-0.15, -0.1) is 0 Å². The smallest absolute Gasteiger partial charge is 0.231 e. The van der Waals surface area contributed by atoms with Crippen LogP contribution in [0.5, 0.6) is 0 Å². The molecule has 1 aromatic carbocycles. The molecule has 0 saturated carbocycles. The first-order valence-corrected chi connectivity index (χ1v) is 5.07. The molecule has 1 atom stereocenters. The molecule has 0 aliphatic heterocycles. The van der Waals surface area contributed by atoms with Crippen LogP contribution in [0.25, 0.3) is 0 Å². The highest BCUT2D eigenvalue weighted by molar-refractivity contribution is 9.10. The van der Waals surface area contributed by atoms with Crippen molar-refractivity contribution in [1.82, 2.24) is 0 Å². The van der Waals surface area contributed by atoms with Gasteiger partial charge >= 0.3 is 0 Å². The average molecular weight is 263 g/mol. The van der Waals surface area contributed by atoms with E-state index in [2.05, 4.69) is 15.9 Å². The zero-order valence-corrected chi connectivity index (χ0v) is 9.18. The Morgan fingerprint density at radius 3 is 2.46 bits per heavy atom. The number of alkyl halides is 1. The Morgan fingerprint density at radius 2 is 2.00 bits per heavy atom. The zero-order chi connectivity index (χ0) is 9.84. The Bertz CT molecular complexity index is 299. The monoisotopic (exact) mass is 261 g/mol. The number of carbonyl (C=O) groups is 1. The van der Waals surface area contributed by atoms with Crippen molar-refractivity contribution in [2.75, 3.05) is 0 Å². The first-order valence-electron chi connectivity index (χ1n) is 3.77. The summed E-state index contributed by atoms with van der Waals surface area (Å²) in [5.74, 6) is -0.352. The van der Waals surface area contributed by atoms with Crippen LogP contribution in [0.4, 0.5) is 0 Å². The summed E-state index contributed by atoms with van der Waals surface area (Å²) in [5, 5.41) is 0.689. The molecule has 0 aliphatic rings. The lowest BCUT2D eigenvalue weighted by molar-refractivity contribution is -0.117. The summed E-state index contributed by atoms with van der Waals surface area (Å²) in [6, 6.07) is 7.33. The van der Waals surface area contributed by atoms with Gasteiger partial charge in [0.2, 0.25) is 5.91 Å². The van der Waals surface area contributed by atoms with Gasteiger partial charge in [-0.2, -0.15) is 0 Å². The van der Waals surface area contributed by atoms with Crippen molar-refractivity contribution in [3.8, 4) is 0 Å². The van der Waals surface area contributed by atoms with Gasteiger partial charge in [-0.1, -0.05) is 39.7 Å². The summed E-state index contributed by atoms with van der Waals surface area (Å²) >= 11 is 8.90. The van der Waals surface area contributed by atoms with E-state index in [1.165, 1.54) is 0 Å². The molecule has 0 saturated heterocycles. The number of halogens is 2. The second-order valence-electron chi connectivity index (χ2n) is 2.70. The van der Waals surface area contributed by atoms with Crippen molar-refractivity contribution in [2.24, 2.45) is 5.73 Å². The maximum Gasteiger partial charge on any atom is 0.231 e. The Hall–Kier alpha value is -0.540. The van der Waals surface area contributed by atoms with Crippen molar-refractivity contribution in [3.05, 3.63) is 34.9 Å². The van der Waals surface area contributed by atoms with E-state index in [4.69, 9.17) is 17.3 Å². The van der Waals surface area contributed by atoms with Crippen LogP contribution < -0.4 is 5.73 Å². The molecule has 1 rings (SSSR count). The number of nitrogens with two attached hydrogens (primary N) is 1. The maximum absolute atomic E-state index is 10.7. The highest BCUT2D eigenvalue weighted by Crippen LogP contribution is 2.13. The molecular formula is C9H9BrClNO. The molecule has 0 radical (unpaired) electrons. The fourth-order valence-corrected chi connectivity index (χ4v) is 1.43. The van der Waals surface area contributed by atoms with Crippen molar-refractivity contribution in [3.63, 3.8) is 0 Å². The first-order chi connectivity index (χ1) is 6.09. The third kappa shape index (κ3) is 3.36. The van der Waals surface area contributed by atoms with Gasteiger partial charge in [0.15, 0.2) is 0 Å². The van der Waals surface area contributed by atoms with Gasteiger partial charge < -0.3 is 5.73 Å². The van der Waals surface area contributed by atoms with Gasteiger partial charge in [0.25, 0.3) is 0 Å². The lowest BCUT2D eigenvalue weighted by Gasteiger charge is -2.04. The highest BCUT2D eigenvalue weighted by atomic mass is 79.9. The number of hydrogen-bond acceptors (Lipinski definition) is 1. The molecule has 0 fully saturated rings. The predicted molar refractivity (Wildman–Crippen MR) is 57.1 cm³/mol. The number of carbonyl (C=O) groups excluding carboxylic acids is 1. The van der Waals surface area contributed by atoms with Crippen LogP contribution in [0, 0.1) is 0 Å². The fourth-order valence-electron chi connectivity index (χ4n) is 0.928. The summed E-state index contributed by atoms with van der Waals surface area (Å²) in [5.41, 5.74) is 6.13. The van der Waals surface area contributed by atoms with Crippen molar-refractivity contribution in [2.45, 2.75) is 11.2 Å². The SMILES string of the molecule is NC(=O)[C@@H](Br)Cc1ccc(Cl)cc1. The summed E-state index contributed by atoms with van der Waals surface area (Å²) < 4.78 is 0. The third-order valence-corrected chi connectivity index (χ3v) is 2.66. The van der Waals surface area contributed by atoms with Crippen LogP contribution in [0.1, 0.15) is 5.56 Å². The van der Waals surface area contributed by atoms with Gasteiger partial charge in [0.05, 0.1) is 4.83 Å². The van der Waals surface area contributed by atoms with E-state index in [1.54, 1.807) is 12.1 Å². The van der Waals surface area contributed by atoms with Crippen LogP contribution in [0.2, 0.25) is 5.02 Å². The van der Waals surface area contributed by atoms with E-state index in [1.807, 2.05) is 12.1 Å². The molecule has 1 amide bonds. The summed E-state index contributed by atoms with van der Waals surface area (Å²) in [7, 11) is 0. The van der Waals surface area contributed by atoms with Gasteiger partial charge in [-0.05, 0) is 24.1 Å². The molecule has 13 heavy (non-hydrogen) atoms. The lowest BCUT2D eigenvalue weighted by atomic mass is 10.1. The Morgan fingerprint density at radius 1 is 1.46 bits per heavy atom. The molecule has 0 aromatic heterocycles. The van der Waals surface area contributed by atoms with Crippen LogP contribution in [-0.4, -0.2) is 10.7 Å². The average Bonchev–Trinajstić information content (AvgIpc) is 2.08. The maximum atomic E-state index is 10.7. The number of amides is 1. The van der Waals surface area contributed by atoms with Crippen LogP contribution in [0.3, 0.4) is 0 Å². The first kappa shape index (κ1) is 10.5. The second-order valence-corrected chi connectivity index (χ2v) is 4.24. The van der Waals surface area contributed by atoms with Crippen molar-refractivity contribution < 1.29 is 4.79 Å². The minimum absolute atomic E-state index is 0.311. The standard InChI is InChI=1S/C9H9BrClNO/c10-8(9(12)13)5-6-1-3-7(11)4-2-6/h1-4,8H,5H2,(H2,12,13)/t8-/m0/s1. The number of benzene rings is 1. The zero-order valence-electron chi connectivity index (χ0n) is 6.84. The summed E-state index contributed by atoms with van der Waals surface area (Å²) in [6.07, 6.45) is 0.590. The van der Waals surface area contributed by atoms with Gasteiger partial charge in [0.1, 0.15) is 0 Å². The van der Waals surface area contributed by atoms with Crippen LogP contribution >= 0.6 is 27.5 Å². The summed E-state index contributed by atoms with van der Waals surface area (Å²) in [4.78, 5) is 10.4. The normalized spacial score (nSPS) is 12.5. The van der Waals surface area contributed by atoms with E-state index in [-0.39, 0.29) is 10.7 Å². The number of rotatable bonds is 3. The van der Waals surface area contributed by atoms with Gasteiger partial charge in [-0.25, -0.2) is 0 Å². The molecule has 0 heterocycles. The van der Waals surface area contributed by atoms with E-state index in [9.17, 15) is 4.79 Å². The molecule has 0 unspecified atom stereocenters. The predicted octanol–water partition coefficient (Wildman–Crippen LogP) is 2.13. The fraction of sp³-hybridized carbons (Fsp3) is 0.222. The van der Waals surface area contributed by atoms with Crippen molar-refractivity contribution >= 4 is 33.4 Å². The third-order valence-electron chi connectivity index (χ3n) is 1.64. The Kier molecular flexibility index (Phi) is 3.75. The molecular weight excluding hydrogens is 253 g/mol. The Labute approximate surface area is 90.2 Å². The molecule has 0 bridgehead atoms. The van der Waals surface area contributed by atoms with Gasteiger partial charge in [0, 0.05) is 5.02 Å². The highest BCUT2D eigenvalue weighted by Gasteiger charge is 2.10. The number of primary amides is 1. The van der Waals surface area contributed by atoms with E-state index >= 15 is 0 Å². The van der Waals surface area contributed by atoms with E-state index < -0.39 is 0 Å². The molecule has 4 heteroatoms. The number of hydrogen-bond donors (Lipinski definition) is 1.